The second-order valence-corrected chi connectivity index (χ2v) is 6.86. The van der Waals surface area contributed by atoms with Gasteiger partial charge in [0.25, 0.3) is 5.91 Å². The second-order valence-electron chi connectivity index (χ2n) is 6.45. The van der Waals surface area contributed by atoms with Gasteiger partial charge in [-0.3, -0.25) is 9.59 Å². The summed E-state index contributed by atoms with van der Waals surface area (Å²) in [6, 6.07) is 12.1. The zero-order chi connectivity index (χ0) is 21.9. The van der Waals surface area contributed by atoms with E-state index in [1.165, 1.54) is 18.4 Å². The molecular formula is C21H16ClF3N2O3. The number of nitrogens with one attached hydrogen (secondary N) is 2. The molecule has 0 radical (unpaired) electrons. The number of anilines is 1. The lowest BCUT2D eigenvalue weighted by atomic mass is 10.1. The molecule has 2 aromatic carbocycles. The average Bonchev–Trinajstić information content (AvgIpc) is 3.23. The molecule has 0 aliphatic heterocycles. The van der Waals surface area contributed by atoms with Crippen molar-refractivity contribution in [1.29, 1.82) is 0 Å². The normalized spacial score (nSPS) is 12.3. The Hall–Kier alpha value is -3.26. The number of Topliss-reactive ketones (excluding diaryl/α,β-unsaturated/α-hetero) is 1. The van der Waals surface area contributed by atoms with Gasteiger partial charge in [0.2, 0.25) is 5.78 Å². The maximum Gasteiger partial charge on any atom is 0.416 e. The zero-order valence-electron chi connectivity index (χ0n) is 15.6. The Balaban J connectivity index is 1.94. The molecule has 0 bridgehead atoms. The minimum atomic E-state index is -4.60. The van der Waals surface area contributed by atoms with E-state index in [-0.39, 0.29) is 22.0 Å². The van der Waals surface area contributed by atoms with Crippen molar-refractivity contribution in [2.45, 2.75) is 19.3 Å². The molecular weight excluding hydrogens is 421 g/mol. The molecule has 0 spiro atoms. The van der Waals surface area contributed by atoms with Gasteiger partial charge in [0, 0.05) is 5.56 Å². The molecule has 1 amide bonds. The third kappa shape index (κ3) is 5.01. The lowest BCUT2D eigenvalue weighted by Crippen LogP contribution is -2.46. The highest BCUT2D eigenvalue weighted by molar-refractivity contribution is 6.33. The van der Waals surface area contributed by atoms with Gasteiger partial charge in [-0.1, -0.05) is 41.4 Å². The first-order valence-corrected chi connectivity index (χ1v) is 9.11. The van der Waals surface area contributed by atoms with Crippen molar-refractivity contribution in [3.8, 4) is 0 Å². The Morgan fingerprint density at radius 2 is 1.77 bits per heavy atom. The summed E-state index contributed by atoms with van der Waals surface area (Å²) >= 11 is 6.03. The Bertz CT molecular complexity index is 1050. The van der Waals surface area contributed by atoms with E-state index in [0.717, 1.165) is 23.8 Å². The largest absolute Gasteiger partial charge is 0.459 e. The van der Waals surface area contributed by atoms with Crippen LogP contribution in [-0.2, 0) is 6.18 Å². The number of benzene rings is 2. The molecule has 3 rings (SSSR count). The van der Waals surface area contributed by atoms with Crippen LogP contribution < -0.4 is 10.6 Å². The van der Waals surface area contributed by atoms with Gasteiger partial charge in [-0.2, -0.15) is 13.2 Å². The number of amides is 1. The van der Waals surface area contributed by atoms with Gasteiger partial charge in [0.15, 0.2) is 11.9 Å². The van der Waals surface area contributed by atoms with E-state index >= 15 is 0 Å². The summed E-state index contributed by atoms with van der Waals surface area (Å²) in [6.07, 6.45) is -4.72. The summed E-state index contributed by atoms with van der Waals surface area (Å²) < 4.78 is 44.2. The van der Waals surface area contributed by atoms with Gasteiger partial charge < -0.3 is 15.1 Å². The van der Waals surface area contributed by atoms with Crippen molar-refractivity contribution in [1.82, 2.24) is 5.32 Å². The summed E-state index contributed by atoms with van der Waals surface area (Å²) in [7, 11) is 0. The van der Waals surface area contributed by atoms with Crippen molar-refractivity contribution in [2.24, 2.45) is 0 Å². The Labute approximate surface area is 174 Å². The number of carbonyl (C=O) groups is 2. The maximum atomic E-state index is 13.1. The highest BCUT2D eigenvalue weighted by Gasteiger charge is 2.32. The highest BCUT2D eigenvalue weighted by Crippen LogP contribution is 2.34. The number of hydrogen-bond acceptors (Lipinski definition) is 4. The van der Waals surface area contributed by atoms with Gasteiger partial charge >= 0.3 is 6.18 Å². The summed E-state index contributed by atoms with van der Waals surface area (Å²) in [5.74, 6) is -1.35. The average molecular weight is 437 g/mol. The molecule has 3 aromatic rings. The molecule has 0 aliphatic carbocycles. The monoisotopic (exact) mass is 436 g/mol. The minimum absolute atomic E-state index is 0.0445. The van der Waals surface area contributed by atoms with E-state index in [4.69, 9.17) is 16.0 Å². The lowest BCUT2D eigenvalue weighted by molar-refractivity contribution is -0.137. The molecule has 1 heterocycles. The fourth-order valence-corrected chi connectivity index (χ4v) is 2.80. The first-order chi connectivity index (χ1) is 14.1. The molecule has 1 atom stereocenters. The van der Waals surface area contributed by atoms with Crippen molar-refractivity contribution < 1.29 is 27.2 Å². The van der Waals surface area contributed by atoms with Gasteiger partial charge in [-0.25, -0.2) is 0 Å². The van der Waals surface area contributed by atoms with Crippen LogP contribution in [-0.4, -0.2) is 17.9 Å². The topological polar surface area (TPSA) is 71.3 Å². The maximum absolute atomic E-state index is 13.1. The highest BCUT2D eigenvalue weighted by atomic mass is 35.5. The SMILES string of the molecule is Cc1ccc(C(=O)[C@@H](NC(=O)c2ccco2)Nc2cc(C(F)(F)F)ccc2Cl)cc1. The number of furan rings is 1. The molecule has 0 saturated carbocycles. The van der Waals surface area contributed by atoms with Gasteiger partial charge in [-0.15, -0.1) is 0 Å². The molecule has 1 aromatic heterocycles. The van der Waals surface area contributed by atoms with E-state index in [9.17, 15) is 22.8 Å². The standard InChI is InChI=1S/C21H16ClF3N2O3/c1-12-4-6-13(7-5-12)18(28)19(27-20(29)17-3-2-10-30-17)26-16-11-14(21(23,24)25)8-9-15(16)22/h2-11,19,26H,1H3,(H,27,29)/t19-/m1/s1. The molecule has 5 nitrogen and oxygen atoms in total. The molecule has 0 fully saturated rings. The predicted octanol–water partition coefficient (Wildman–Crippen LogP) is 5.31. The predicted molar refractivity (Wildman–Crippen MR) is 106 cm³/mol. The van der Waals surface area contributed by atoms with Crippen molar-refractivity contribution in [2.75, 3.05) is 5.32 Å². The van der Waals surface area contributed by atoms with Crippen LogP contribution in [0.4, 0.5) is 18.9 Å². The number of ketones is 1. The fourth-order valence-electron chi connectivity index (χ4n) is 2.63. The van der Waals surface area contributed by atoms with Crippen LogP contribution in [0.2, 0.25) is 5.02 Å². The van der Waals surface area contributed by atoms with E-state index in [1.807, 2.05) is 6.92 Å². The number of aryl methyl sites for hydroxylation is 1. The smallest absolute Gasteiger partial charge is 0.416 e. The molecule has 0 saturated heterocycles. The van der Waals surface area contributed by atoms with Crippen LogP contribution in [0.1, 0.15) is 32.0 Å². The molecule has 156 valence electrons. The second kappa shape index (κ2) is 8.62. The lowest BCUT2D eigenvalue weighted by Gasteiger charge is -2.21. The third-order valence-electron chi connectivity index (χ3n) is 4.21. The summed E-state index contributed by atoms with van der Waals surface area (Å²) in [6.45, 7) is 1.84. The first-order valence-electron chi connectivity index (χ1n) is 8.73. The van der Waals surface area contributed by atoms with E-state index in [1.54, 1.807) is 24.3 Å². The number of carbonyl (C=O) groups excluding carboxylic acids is 2. The number of rotatable bonds is 6. The van der Waals surface area contributed by atoms with Crippen molar-refractivity contribution in [3.05, 3.63) is 88.3 Å². The van der Waals surface area contributed by atoms with Gasteiger partial charge in [-0.05, 0) is 37.3 Å². The minimum Gasteiger partial charge on any atom is -0.459 e. The molecule has 0 unspecified atom stereocenters. The molecule has 0 aliphatic rings. The van der Waals surface area contributed by atoms with Crippen molar-refractivity contribution >= 4 is 29.0 Å². The van der Waals surface area contributed by atoms with Crippen LogP contribution in [0.25, 0.3) is 0 Å². The Morgan fingerprint density at radius 1 is 1.07 bits per heavy atom. The molecule has 9 heteroatoms. The van der Waals surface area contributed by atoms with Crippen LogP contribution in [0.5, 0.6) is 0 Å². The number of alkyl halides is 3. The third-order valence-corrected chi connectivity index (χ3v) is 4.54. The van der Waals surface area contributed by atoms with E-state index < -0.39 is 29.6 Å². The van der Waals surface area contributed by atoms with Gasteiger partial charge in [0.05, 0.1) is 22.5 Å². The summed E-state index contributed by atoms with van der Waals surface area (Å²) in [5.41, 5.74) is 0.0579. The first kappa shape index (κ1) is 21.4. The van der Waals surface area contributed by atoms with E-state index in [2.05, 4.69) is 10.6 Å². The summed E-state index contributed by atoms with van der Waals surface area (Å²) in [4.78, 5) is 25.4. The van der Waals surface area contributed by atoms with Crippen molar-refractivity contribution in [3.63, 3.8) is 0 Å². The number of halogens is 4. The number of hydrogen-bond donors (Lipinski definition) is 2. The Kier molecular flexibility index (Phi) is 6.17. The summed E-state index contributed by atoms with van der Waals surface area (Å²) in [5, 5.41) is 5.00. The van der Waals surface area contributed by atoms with Crippen LogP contribution in [0.15, 0.2) is 65.3 Å². The quantitative estimate of drug-likeness (QED) is 0.405. The molecule has 30 heavy (non-hydrogen) atoms. The fraction of sp³-hybridized carbons (Fsp3) is 0.143. The van der Waals surface area contributed by atoms with Crippen LogP contribution in [0, 0.1) is 6.92 Å². The molecule has 2 N–H and O–H groups in total. The van der Waals surface area contributed by atoms with Crippen LogP contribution >= 0.6 is 11.6 Å². The zero-order valence-corrected chi connectivity index (χ0v) is 16.3. The Morgan fingerprint density at radius 3 is 2.37 bits per heavy atom. The van der Waals surface area contributed by atoms with Gasteiger partial charge in [0.1, 0.15) is 0 Å². The van der Waals surface area contributed by atoms with Crippen LogP contribution in [0.3, 0.4) is 0 Å². The van der Waals surface area contributed by atoms with E-state index in [0.29, 0.717) is 0 Å².